The van der Waals surface area contributed by atoms with Gasteiger partial charge in [0, 0.05) is 5.02 Å². The molecule has 116 valence electrons. The number of rotatable bonds is 2. The minimum Gasteiger partial charge on any atom is -0.339 e. The molecule has 1 fully saturated rings. The molecule has 0 aliphatic carbocycles. The third-order valence-electron chi connectivity index (χ3n) is 3.51. The molecular weight excluding hydrogens is 338 g/mol. The number of hydrogen-bond acceptors (Lipinski definition) is 5. The molecule has 3 aromatic rings. The number of aromatic amines is 2. The van der Waals surface area contributed by atoms with E-state index in [4.69, 9.17) is 11.6 Å². The normalized spacial score (nSPS) is 18.0. The fraction of sp³-hybridized carbons (Fsp3) is 0.143. The van der Waals surface area contributed by atoms with Gasteiger partial charge in [-0.1, -0.05) is 23.7 Å². The van der Waals surface area contributed by atoms with Crippen LogP contribution in [0.25, 0.3) is 11.2 Å². The minimum absolute atomic E-state index is 0.127. The number of thioether (sulfide) groups is 1. The predicted molar refractivity (Wildman–Crippen MR) is 88.6 cm³/mol. The van der Waals surface area contributed by atoms with Gasteiger partial charge in [0.1, 0.15) is 5.37 Å². The Labute approximate surface area is 139 Å². The van der Waals surface area contributed by atoms with Crippen LogP contribution in [-0.2, 0) is 4.79 Å². The molecule has 0 spiro atoms. The van der Waals surface area contributed by atoms with Crippen molar-refractivity contribution >= 4 is 46.4 Å². The highest BCUT2D eigenvalue weighted by molar-refractivity contribution is 8.00. The molecule has 0 radical (unpaired) electrons. The zero-order valence-electron chi connectivity index (χ0n) is 11.6. The molecule has 2 N–H and O–H groups in total. The van der Waals surface area contributed by atoms with Crippen LogP contribution < -0.4 is 10.5 Å². The Kier molecular flexibility index (Phi) is 3.35. The Hall–Kier alpha value is -2.32. The van der Waals surface area contributed by atoms with Crippen LogP contribution in [0.3, 0.4) is 0 Å². The summed E-state index contributed by atoms with van der Waals surface area (Å²) in [4.78, 5) is 39.5. The van der Waals surface area contributed by atoms with Crippen LogP contribution in [0.4, 0.5) is 5.95 Å². The average Bonchev–Trinajstić information content (AvgIpc) is 3.13. The number of aromatic nitrogens is 4. The third-order valence-corrected chi connectivity index (χ3v) is 4.96. The molecule has 1 aliphatic rings. The van der Waals surface area contributed by atoms with Crippen LogP contribution in [0.2, 0.25) is 5.02 Å². The Morgan fingerprint density at radius 1 is 1.35 bits per heavy atom. The molecule has 0 saturated carbocycles. The maximum absolute atomic E-state index is 12.3. The number of hydrogen-bond donors (Lipinski definition) is 2. The van der Waals surface area contributed by atoms with Gasteiger partial charge in [0.2, 0.25) is 11.9 Å². The van der Waals surface area contributed by atoms with Gasteiger partial charge in [-0.15, -0.1) is 11.8 Å². The standard InChI is InChI=1S/C14H10ClN5O2S/c15-8-3-1-2-7(4-8)13-20(9(21)5-23-13)14-18-11-10(12(22)19-14)16-6-17-11/h1-4,6,13H,5H2,(H2,16,17,18,19,22). The number of imidazole rings is 1. The highest BCUT2D eigenvalue weighted by Crippen LogP contribution is 2.40. The van der Waals surface area contributed by atoms with Gasteiger partial charge < -0.3 is 4.98 Å². The molecule has 4 rings (SSSR count). The second-order valence-corrected chi connectivity index (χ2v) is 6.48. The molecule has 23 heavy (non-hydrogen) atoms. The van der Waals surface area contributed by atoms with Crippen molar-refractivity contribution in [2.24, 2.45) is 0 Å². The van der Waals surface area contributed by atoms with Crippen LogP contribution in [0, 0.1) is 0 Å². The number of H-pyrrole nitrogens is 2. The molecule has 1 amide bonds. The van der Waals surface area contributed by atoms with Crippen molar-refractivity contribution in [2.45, 2.75) is 5.37 Å². The first-order chi connectivity index (χ1) is 11.1. The van der Waals surface area contributed by atoms with Crippen molar-refractivity contribution in [3.8, 4) is 0 Å². The third kappa shape index (κ3) is 2.40. The van der Waals surface area contributed by atoms with Gasteiger partial charge in [0.15, 0.2) is 11.2 Å². The Bertz CT molecular complexity index is 969. The van der Waals surface area contributed by atoms with E-state index in [9.17, 15) is 9.59 Å². The van der Waals surface area contributed by atoms with Gasteiger partial charge in [0.25, 0.3) is 5.56 Å². The van der Waals surface area contributed by atoms with E-state index in [2.05, 4.69) is 19.9 Å². The molecule has 1 atom stereocenters. The summed E-state index contributed by atoms with van der Waals surface area (Å²) in [5.74, 6) is 0.368. The average molecular weight is 348 g/mol. The van der Waals surface area contributed by atoms with E-state index in [1.807, 2.05) is 12.1 Å². The van der Waals surface area contributed by atoms with Crippen LogP contribution in [0.15, 0.2) is 35.4 Å². The minimum atomic E-state index is -0.364. The molecule has 7 nitrogen and oxygen atoms in total. The Balaban J connectivity index is 1.83. The van der Waals surface area contributed by atoms with Gasteiger partial charge in [-0.05, 0) is 17.7 Å². The summed E-state index contributed by atoms with van der Waals surface area (Å²) in [6.07, 6.45) is 1.39. The van der Waals surface area contributed by atoms with Crippen molar-refractivity contribution < 1.29 is 4.79 Å². The number of fused-ring (bicyclic) bond motifs is 1. The molecule has 3 heterocycles. The first kappa shape index (κ1) is 14.3. The van der Waals surface area contributed by atoms with Crippen molar-refractivity contribution in [2.75, 3.05) is 10.7 Å². The fourth-order valence-electron chi connectivity index (χ4n) is 2.51. The van der Waals surface area contributed by atoms with Crippen molar-refractivity contribution in [1.29, 1.82) is 0 Å². The smallest absolute Gasteiger partial charge is 0.278 e. The second-order valence-electron chi connectivity index (χ2n) is 4.97. The summed E-state index contributed by atoms with van der Waals surface area (Å²) in [6.45, 7) is 0. The zero-order chi connectivity index (χ0) is 16.0. The lowest BCUT2D eigenvalue weighted by molar-refractivity contribution is -0.115. The Morgan fingerprint density at radius 2 is 2.22 bits per heavy atom. The summed E-state index contributed by atoms with van der Waals surface area (Å²) >= 11 is 7.50. The van der Waals surface area contributed by atoms with E-state index in [-0.39, 0.29) is 34.0 Å². The molecule has 1 unspecified atom stereocenters. The quantitative estimate of drug-likeness (QED) is 0.740. The second kappa shape index (κ2) is 5.39. The summed E-state index contributed by atoms with van der Waals surface area (Å²) in [7, 11) is 0. The Morgan fingerprint density at radius 3 is 3.04 bits per heavy atom. The van der Waals surface area contributed by atoms with Gasteiger partial charge in [0.05, 0.1) is 12.1 Å². The van der Waals surface area contributed by atoms with E-state index < -0.39 is 0 Å². The summed E-state index contributed by atoms with van der Waals surface area (Å²) in [5, 5.41) is 0.298. The lowest BCUT2D eigenvalue weighted by Crippen LogP contribution is -2.31. The lowest BCUT2D eigenvalue weighted by Gasteiger charge is -2.22. The number of nitrogens with zero attached hydrogens (tertiary/aromatic N) is 3. The maximum Gasteiger partial charge on any atom is 0.278 e. The predicted octanol–water partition coefficient (Wildman–Crippen LogP) is 2.08. The highest BCUT2D eigenvalue weighted by atomic mass is 35.5. The van der Waals surface area contributed by atoms with Crippen LogP contribution >= 0.6 is 23.4 Å². The summed E-state index contributed by atoms with van der Waals surface area (Å²) in [5.41, 5.74) is 1.07. The molecule has 0 bridgehead atoms. The summed E-state index contributed by atoms with van der Waals surface area (Å²) in [6, 6.07) is 7.29. The number of carbonyl (C=O) groups is 1. The fourth-order valence-corrected chi connectivity index (χ4v) is 3.85. The number of nitrogens with one attached hydrogen (secondary N) is 2. The lowest BCUT2D eigenvalue weighted by atomic mass is 10.2. The first-order valence-electron chi connectivity index (χ1n) is 6.76. The topological polar surface area (TPSA) is 94.7 Å². The van der Waals surface area contributed by atoms with Crippen molar-refractivity contribution in [3.05, 3.63) is 51.5 Å². The van der Waals surface area contributed by atoms with Gasteiger partial charge >= 0.3 is 0 Å². The molecule has 9 heteroatoms. The van der Waals surface area contributed by atoms with E-state index >= 15 is 0 Å². The monoisotopic (exact) mass is 347 g/mol. The molecule has 1 aromatic carbocycles. The van der Waals surface area contributed by atoms with Gasteiger partial charge in [-0.2, -0.15) is 4.98 Å². The van der Waals surface area contributed by atoms with Gasteiger partial charge in [-0.3, -0.25) is 19.5 Å². The number of carbonyl (C=O) groups excluding carboxylic acids is 1. The van der Waals surface area contributed by atoms with Crippen molar-refractivity contribution in [3.63, 3.8) is 0 Å². The van der Waals surface area contributed by atoms with E-state index in [0.717, 1.165) is 5.56 Å². The van der Waals surface area contributed by atoms with E-state index in [0.29, 0.717) is 10.8 Å². The maximum atomic E-state index is 12.3. The van der Waals surface area contributed by atoms with Crippen LogP contribution in [0.5, 0.6) is 0 Å². The van der Waals surface area contributed by atoms with E-state index in [1.165, 1.54) is 23.0 Å². The number of amides is 1. The first-order valence-corrected chi connectivity index (χ1v) is 8.19. The molecular formula is C14H10ClN5O2S. The number of benzene rings is 1. The molecule has 2 aromatic heterocycles. The SMILES string of the molecule is O=C1CSC(c2cccc(Cl)c2)N1c1nc2nc[nH]c2c(=O)[nH]1. The number of anilines is 1. The van der Waals surface area contributed by atoms with E-state index in [1.54, 1.807) is 12.1 Å². The van der Waals surface area contributed by atoms with Crippen molar-refractivity contribution in [1.82, 2.24) is 19.9 Å². The van der Waals surface area contributed by atoms with Crippen LogP contribution in [0.1, 0.15) is 10.9 Å². The van der Waals surface area contributed by atoms with Crippen LogP contribution in [-0.4, -0.2) is 31.6 Å². The highest BCUT2D eigenvalue weighted by Gasteiger charge is 2.36. The summed E-state index contributed by atoms with van der Waals surface area (Å²) < 4.78 is 0. The van der Waals surface area contributed by atoms with Gasteiger partial charge in [-0.25, -0.2) is 4.98 Å². The zero-order valence-corrected chi connectivity index (χ0v) is 13.2. The number of halogens is 1. The molecule has 1 saturated heterocycles. The largest absolute Gasteiger partial charge is 0.339 e. The molecule has 1 aliphatic heterocycles.